The molecule has 0 heterocycles. The summed E-state index contributed by atoms with van der Waals surface area (Å²) in [5, 5.41) is 11.1. The predicted octanol–water partition coefficient (Wildman–Crippen LogP) is 2.53. The van der Waals surface area contributed by atoms with Crippen molar-refractivity contribution in [2.75, 3.05) is 5.32 Å². The zero-order valence-corrected chi connectivity index (χ0v) is 10.6. The molecule has 0 spiro atoms. The van der Waals surface area contributed by atoms with Crippen LogP contribution < -0.4 is 5.32 Å². The Morgan fingerprint density at radius 1 is 1.33 bits per heavy atom. The summed E-state index contributed by atoms with van der Waals surface area (Å²) in [5.41, 5.74) is -1.73. The maximum absolute atomic E-state index is 13.4. The van der Waals surface area contributed by atoms with E-state index in [1.54, 1.807) is 0 Å². The number of carboxylic acid groups (broad SMARTS) is 1. The SMILES string of the molecule is O=C(O)C1(C(=O)Nc2c(F)cc(F)cc2Br)CC1. The zero-order valence-electron chi connectivity index (χ0n) is 8.97. The number of hydrogen-bond donors (Lipinski definition) is 2. The smallest absolute Gasteiger partial charge is 0.319 e. The molecule has 7 heteroatoms. The minimum atomic E-state index is -1.47. The number of aliphatic carboxylic acids is 1. The van der Waals surface area contributed by atoms with Gasteiger partial charge in [0.05, 0.1) is 5.69 Å². The Morgan fingerprint density at radius 3 is 2.39 bits per heavy atom. The van der Waals surface area contributed by atoms with Crippen LogP contribution in [-0.2, 0) is 9.59 Å². The monoisotopic (exact) mass is 319 g/mol. The third kappa shape index (κ3) is 2.10. The molecule has 0 aliphatic heterocycles. The molecule has 1 aromatic rings. The first kappa shape index (κ1) is 12.9. The van der Waals surface area contributed by atoms with Crippen LogP contribution in [0.5, 0.6) is 0 Å². The first-order valence-electron chi connectivity index (χ1n) is 5.06. The fraction of sp³-hybridized carbons (Fsp3) is 0.273. The normalized spacial score (nSPS) is 16.2. The van der Waals surface area contributed by atoms with Gasteiger partial charge in [0.15, 0.2) is 5.82 Å². The number of rotatable bonds is 3. The van der Waals surface area contributed by atoms with E-state index < -0.39 is 28.9 Å². The average molecular weight is 320 g/mol. The van der Waals surface area contributed by atoms with Crippen molar-refractivity contribution in [1.29, 1.82) is 0 Å². The molecule has 4 nitrogen and oxygen atoms in total. The van der Waals surface area contributed by atoms with Gasteiger partial charge in [-0.25, -0.2) is 8.78 Å². The summed E-state index contributed by atoms with van der Waals surface area (Å²) in [4.78, 5) is 22.7. The fourth-order valence-corrected chi connectivity index (χ4v) is 2.07. The van der Waals surface area contributed by atoms with E-state index >= 15 is 0 Å². The van der Waals surface area contributed by atoms with E-state index in [0.29, 0.717) is 6.07 Å². The summed E-state index contributed by atoms with van der Waals surface area (Å²) < 4.78 is 26.3. The number of anilines is 1. The molecule has 2 N–H and O–H groups in total. The highest BCUT2D eigenvalue weighted by Gasteiger charge is 2.57. The van der Waals surface area contributed by atoms with Gasteiger partial charge in [-0.3, -0.25) is 9.59 Å². The molecule has 0 atom stereocenters. The molecule has 1 aliphatic carbocycles. The highest BCUT2D eigenvalue weighted by molar-refractivity contribution is 9.10. The van der Waals surface area contributed by atoms with E-state index in [2.05, 4.69) is 21.2 Å². The lowest BCUT2D eigenvalue weighted by Crippen LogP contribution is -2.31. The highest BCUT2D eigenvalue weighted by atomic mass is 79.9. The largest absolute Gasteiger partial charge is 0.480 e. The Kier molecular flexibility index (Phi) is 3.10. The number of carbonyl (C=O) groups excluding carboxylic acids is 1. The van der Waals surface area contributed by atoms with Crippen molar-refractivity contribution in [3.8, 4) is 0 Å². The van der Waals surface area contributed by atoms with Gasteiger partial charge < -0.3 is 10.4 Å². The Morgan fingerprint density at radius 2 is 1.94 bits per heavy atom. The zero-order chi connectivity index (χ0) is 13.5. The highest BCUT2D eigenvalue weighted by Crippen LogP contribution is 2.47. The quantitative estimate of drug-likeness (QED) is 0.841. The molecular weight excluding hydrogens is 312 g/mol. The number of halogens is 3. The van der Waals surface area contributed by atoms with Gasteiger partial charge in [-0.15, -0.1) is 0 Å². The van der Waals surface area contributed by atoms with Gasteiger partial charge in [-0.2, -0.15) is 0 Å². The Balaban J connectivity index is 2.26. The molecule has 0 radical (unpaired) electrons. The van der Waals surface area contributed by atoms with E-state index in [1.165, 1.54) is 0 Å². The van der Waals surface area contributed by atoms with Crippen molar-refractivity contribution in [1.82, 2.24) is 0 Å². The first-order chi connectivity index (χ1) is 8.36. The predicted molar refractivity (Wildman–Crippen MR) is 62.0 cm³/mol. The van der Waals surface area contributed by atoms with Crippen LogP contribution in [0.1, 0.15) is 12.8 Å². The molecule has 1 amide bonds. The van der Waals surface area contributed by atoms with Crippen molar-refractivity contribution < 1.29 is 23.5 Å². The molecule has 1 aliphatic rings. The average Bonchev–Trinajstić information content (AvgIpc) is 3.03. The second-order valence-corrected chi connectivity index (χ2v) is 4.94. The topological polar surface area (TPSA) is 66.4 Å². The maximum Gasteiger partial charge on any atom is 0.319 e. The van der Waals surface area contributed by atoms with Gasteiger partial charge in [0, 0.05) is 10.5 Å². The molecule has 2 rings (SSSR count). The second kappa shape index (κ2) is 4.31. The van der Waals surface area contributed by atoms with Crippen molar-refractivity contribution in [2.24, 2.45) is 5.41 Å². The standard InChI is InChI=1S/C11H8BrF2NO3/c12-6-3-5(13)4-7(14)8(6)15-9(16)11(1-2-11)10(17)18/h3-4H,1-2H2,(H,15,16)(H,17,18). The third-order valence-corrected chi connectivity index (χ3v) is 3.46. The molecule has 96 valence electrons. The number of amides is 1. The molecule has 18 heavy (non-hydrogen) atoms. The van der Waals surface area contributed by atoms with E-state index in [-0.39, 0.29) is 23.0 Å². The van der Waals surface area contributed by atoms with Crippen molar-refractivity contribution >= 4 is 33.5 Å². The van der Waals surface area contributed by atoms with Gasteiger partial charge in [0.1, 0.15) is 11.2 Å². The van der Waals surface area contributed by atoms with Crippen LogP contribution in [0.4, 0.5) is 14.5 Å². The summed E-state index contributed by atoms with van der Waals surface area (Å²) in [6.45, 7) is 0. The van der Waals surface area contributed by atoms with Gasteiger partial charge in [0.2, 0.25) is 5.91 Å². The molecule has 0 aromatic heterocycles. The number of nitrogens with one attached hydrogen (secondary N) is 1. The van der Waals surface area contributed by atoms with E-state index in [4.69, 9.17) is 5.11 Å². The Labute approximate surface area is 109 Å². The molecule has 1 fully saturated rings. The van der Waals surface area contributed by atoms with Gasteiger partial charge >= 0.3 is 5.97 Å². The van der Waals surface area contributed by atoms with Gasteiger partial charge in [0.25, 0.3) is 0 Å². The summed E-state index contributed by atoms with van der Waals surface area (Å²) >= 11 is 2.91. The number of benzene rings is 1. The van der Waals surface area contributed by atoms with Crippen LogP contribution in [0.2, 0.25) is 0 Å². The van der Waals surface area contributed by atoms with E-state index in [0.717, 1.165) is 6.07 Å². The summed E-state index contributed by atoms with van der Waals surface area (Å²) in [5.74, 6) is -3.78. The van der Waals surface area contributed by atoms with Crippen molar-refractivity contribution in [3.05, 3.63) is 28.2 Å². The van der Waals surface area contributed by atoms with Gasteiger partial charge in [-0.1, -0.05) is 0 Å². The van der Waals surface area contributed by atoms with Crippen LogP contribution in [0, 0.1) is 17.0 Å². The van der Waals surface area contributed by atoms with Crippen LogP contribution >= 0.6 is 15.9 Å². The molecule has 0 saturated heterocycles. The van der Waals surface area contributed by atoms with Crippen LogP contribution in [0.15, 0.2) is 16.6 Å². The van der Waals surface area contributed by atoms with Crippen molar-refractivity contribution in [3.63, 3.8) is 0 Å². The molecular formula is C11H8BrF2NO3. The Bertz CT molecular complexity index is 520. The summed E-state index contributed by atoms with van der Waals surface area (Å²) in [6, 6.07) is 1.60. The number of hydrogen-bond acceptors (Lipinski definition) is 2. The second-order valence-electron chi connectivity index (χ2n) is 4.09. The Hall–Kier alpha value is -1.50. The van der Waals surface area contributed by atoms with E-state index in [9.17, 15) is 18.4 Å². The molecule has 0 bridgehead atoms. The lowest BCUT2D eigenvalue weighted by Gasteiger charge is -2.12. The third-order valence-electron chi connectivity index (χ3n) is 2.84. The summed E-state index contributed by atoms with van der Waals surface area (Å²) in [7, 11) is 0. The maximum atomic E-state index is 13.4. The fourth-order valence-electron chi connectivity index (χ4n) is 1.56. The van der Waals surface area contributed by atoms with Crippen LogP contribution in [0.25, 0.3) is 0 Å². The molecule has 0 unspecified atom stereocenters. The molecule has 1 saturated carbocycles. The lowest BCUT2D eigenvalue weighted by molar-refractivity contribution is -0.147. The van der Waals surface area contributed by atoms with Crippen LogP contribution in [-0.4, -0.2) is 17.0 Å². The number of carbonyl (C=O) groups is 2. The minimum Gasteiger partial charge on any atom is -0.480 e. The summed E-state index contributed by atoms with van der Waals surface area (Å²) in [6.07, 6.45) is 0.434. The van der Waals surface area contributed by atoms with Gasteiger partial charge in [-0.05, 0) is 34.8 Å². The first-order valence-corrected chi connectivity index (χ1v) is 5.85. The van der Waals surface area contributed by atoms with Crippen LogP contribution in [0.3, 0.4) is 0 Å². The minimum absolute atomic E-state index is 0.0227. The number of carboxylic acids is 1. The van der Waals surface area contributed by atoms with Crippen molar-refractivity contribution in [2.45, 2.75) is 12.8 Å². The van der Waals surface area contributed by atoms with E-state index in [1.807, 2.05) is 0 Å². The lowest BCUT2D eigenvalue weighted by atomic mass is 10.1. The molecule has 1 aromatic carbocycles.